The van der Waals surface area contributed by atoms with E-state index in [9.17, 15) is 13.2 Å². The SMILES string of the molecule is CC(C)(C)C(=O)Nc1ccc(S(=O)(=O)N2CCC[C@H]2c2ccncc2)cc1. The first-order valence-electron chi connectivity index (χ1n) is 9.03. The van der Waals surface area contributed by atoms with E-state index in [0.29, 0.717) is 12.2 Å². The highest BCUT2D eigenvalue weighted by Gasteiger charge is 2.36. The number of rotatable bonds is 4. The predicted octanol–water partition coefficient (Wildman–Crippen LogP) is 3.59. The molecule has 2 aromatic rings. The summed E-state index contributed by atoms with van der Waals surface area (Å²) in [5.41, 5.74) is 1.03. The van der Waals surface area contributed by atoms with Crippen LogP contribution < -0.4 is 5.32 Å². The summed E-state index contributed by atoms with van der Waals surface area (Å²) in [5, 5.41) is 2.81. The smallest absolute Gasteiger partial charge is 0.243 e. The molecule has 1 atom stereocenters. The molecule has 0 unspecified atom stereocenters. The summed E-state index contributed by atoms with van der Waals surface area (Å²) in [6.07, 6.45) is 4.99. The quantitative estimate of drug-likeness (QED) is 0.869. The maximum atomic E-state index is 13.1. The molecular formula is C20H25N3O3S. The topological polar surface area (TPSA) is 79.4 Å². The van der Waals surface area contributed by atoms with Crippen molar-refractivity contribution < 1.29 is 13.2 Å². The van der Waals surface area contributed by atoms with E-state index in [0.717, 1.165) is 18.4 Å². The van der Waals surface area contributed by atoms with Crippen LogP contribution >= 0.6 is 0 Å². The first-order valence-corrected chi connectivity index (χ1v) is 10.5. The lowest BCUT2D eigenvalue weighted by atomic mass is 9.95. The van der Waals surface area contributed by atoms with Crippen LogP contribution in [0.1, 0.15) is 45.2 Å². The number of benzene rings is 1. The molecule has 0 bridgehead atoms. The third-order valence-corrected chi connectivity index (χ3v) is 6.62. The first-order chi connectivity index (χ1) is 12.7. The van der Waals surface area contributed by atoms with E-state index in [4.69, 9.17) is 0 Å². The van der Waals surface area contributed by atoms with Crippen LogP contribution in [0.2, 0.25) is 0 Å². The minimum Gasteiger partial charge on any atom is -0.326 e. The first kappa shape index (κ1) is 19.5. The highest BCUT2D eigenvalue weighted by molar-refractivity contribution is 7.89. The van der Waals surface area contributed by atoms with Crippen LogP contribution in [0.25, 0.3) is 0 Å². The molecule has 3 rings (SSSR count). The maximum Gasteiger partial charge on any atom is 0.243 e. The number of carbonyl (C=O) groups excluding carboxylic acids is 1. The molecule has 1 aliphatic heterocycles. The molecule has 1 fully saturated rings. The minimum atomic E-state index is -3.61. The molecule has 27 heavy (non-hydrogen) atoms. The minimum absolute atomic E-state index is 0.115. The zero-order valence-electron chi connectivity index (χ0n) is 15.8. The molecule has 1 saturated heterocycles. The zero-order valence-corrected chi connectivity index (χ0v) is 16.7. The number of nitrogens with one attached hydrogen (secondary N) is 1. The third kappa shape index (κ3) is 4.20. The van der Waals surface area contributed by atoms with Crippen molar-refractivity contribution in [2.75, 3.05) is 11.9 Å². The molecule has 1 N–H and O–H groups in total. The van der Waals surface area contributed by atoms with E-state index >= 15 is 0 Å². The summed E-state index contributed by atoms with van der Waals surface area (Å²) < 4.78 is 27.8. The van der Waals surface area contributed by atoms with Gasteiger partial charge in [0.25, 0.3) is 0 Å². The van der Waals surface area contributed by atoms with Crippen LogP contribution in [0, 0.1) is 5.41 Å². The molecule has 6 nitrogen and oxygen atoms in total. The number of carbonyl (C=O) groups is 1. The molecule has 1 aromatic carbocycles. The summed E-state index contributed by atoms with van der Waals surface area (Å²) in [6, 6.07) is 9.93. The van der Waals surface area contributed by atoms with E-state index < -0.39 is 15.4 Å². The Hall–Kier alpha value is -2.25. The summed E-state index contributed by atoms with van der Waals surface area (Å²) >= 11 is 0. The van der Waals surface area contributed by atoms with Crippen molar-refractivity contribution in [3.8, 4) is 0 Å². The van der Waals surface area contributed by atoms with Crippen LogP contribution in [-0.2, 0) is 14.8 Å². The molecule has 1 aliphatic rings. The second-order valence-corrected chi connectivity index (χ2v) is 9.67. The van der Waals surface area contributed by atoms with Gasteiger partial charge in [-0.15, -0.1) is 0 Å². The fourth-order valence-electron chi connectivity index (χ4n) is 3.11. The highest BCUT2D eigenvalue weighted by atomic mass is 32.2. The lowest BCUT2D eigenvalue weighted by molar-refractivity contribution is -0.123. The van der Waals surface area contributed by atoms with E-state index in [1.54, 1.807) is 41.0 Å². The molecule has 0 radical (unpaired) electrons. The monoisotopic (exact) mass is 387 g/mol. The number of hydrogen-bond acceptors (Lipinski definition) is 4. The Kier molecular flexibility index (Phi) is 5.35. The standard InChI is InChI=1S/C20H25N3O3S/c1-20(2,3)19(24)22-16-6-8-17(9-7-16)27(25,26)23-14-4-5-18(23)15-10-12-21-13-11-15/h6-13,18H,4-5,14H2,1-3H3,(H,22,24)/t18-/m0/s1. The molecule has 0 saturated carbocycles. The summed E-state index contributed by atoms with van der Waals surface area (Å²) in [6.45, 7) is 5.98. The van der Waals surface area contributed by atoms with E-state index in [1.165, 1.54) is 0 Å². The summed E-state index contributed by atoms with van der Waals surface area (Å²) in [4.78, 5) is 16.3. The number of hydrogen-bond donors (Lipinski definition) is 1. The van der Waals surface area contributed by atoms with E-state index in [2.05, 4.69) is 10.3 Å². The van der Waals surface area contributed by atoms with Crippen LogP contribution in [0.4, 0.5) is 5.69 Å². The Labute approximate surface area is 160 Å². The number of amides is 1. The van der Waals surface area contributed by atoms with Gasteiger partial charge in [-0.1, -0.05) is 20.8 Å². The fraction of sp³-hybridized carbons (Fsp3) is 0.400. The van der Waals surface area contributed by atoms with Crippen molar-refractivity contribution in [1.82, 2.24) is 9.29 Å². The normalized spacial score (nSPS) is 18.4. The third-order valence-electron chi connectivity index (χ3n) is 4.69. The Morgan fingerprint density at radius 2 is 1.74 bits per heavy atom. The second-order valence-electron chi connectivity index (χ2n) is 7.78. The van der Waals surface area contributed by atoms with Gasteiger partial charge in [-0.3, -0.25) is 9.78 Å². The molecule has 0 aliphatic carbocycles. The van der Waals surface area contributed by atoms with Crippen LogP contribution in [0.3, 0.4) is 0 Å². The number of pyridine rings is 1. The van der Waals surface area contributed by atoms with Gasteiger partial charge in [-0.2, -0.15) is 4.31 Å². The van der Waals surface area contributed by atoms with Crippen LogP contribution in [-0.4, -0.2) is 30.2 Å². The Morgan fingerprint density at radius 3 is 2.33 bits per heavy atom. The number of anilines is 1. The van der Waals surface area contributed by atoms with Crippen molar-refractivity contribution in [3.63, 3.8) is 0 Å². The molecule has 7 heteroatoms. The molecule has 1 aromatic heterocycles. The average molecular weight is 388 g/mol. The Balaban J connectivity index is 1.81. The van der Waals surface area contributed by atoms with E-state index in [-0.39, 0.29) is 16.8 Å². The molecular weight excluding hydrogens is 362 g/mol. The largest absolute Gasteiger partial charge is 0.326 e. The van der Waals surface area contributed by atoms with Crippen molar-refractivity contribution >= 4 is 21.6 Å². The van der Waals surface area contributed by atoms with Gasteiger partial charge in [0.1, 0.15) is 0 Å². The highest BCUT2D eigenvalue weighted by Crippen LogP contribution is 2.36. The van der Waals surface area contributed by atoms with E-state index in [1.807, 2.05) is 32.9 Å². The zero-order chi connectivity index (χ0) is 19.7. The fourth-order valence-corrected chi connectivity index (χ4v) is 4.79. The molecule has 2 heterocycles. The van der Waals surface area contributed by atoms with Crippen LogP contribution in [0.15, 0.2) is 53.7 Å². The van der Waals surface area contributed by atoms with Crippen molar-refractivity contribution in [2.45, 2.75) is 44.6 Å². The predicted molar refractivity (Wildman–Crippen MR) is 105 cm³/mol. The van der Waals surface area contributed by atoms with Gasteiger partial charge in [-0.05, 0) is 54.8 Å². The lowest BCUT2D eigenvalue weighted by Crippen LogP contribution is -2.30. The molecule has 0 spiro atoms. The van der Waals surface area contributed by atoms with Gasteiger partial charge in [0.15, 0.2) is 0 Å². The van der Waals surface area contributed by atoms with Gasteiger partial charge >= 0.3 is 0 Å². The number of nitrogens with zero attached hydrogens (tertiary/aromatic N) is 2. The lowest BCUT2D eigenvalue weighted by Gasteiger charge is -2.24. The van der Waals surface area contributed by atoms with Gasteiger partial charge in [-0.25, -0.2) is 8.42 Å². The van der Waals surface area contributed by atoms with Gasteiger partial charge in [0.2, 0.25) is 15.9 Å². The van der Waals surface area contributed by atoms with Gasteiger partial charge < -0.3 is 5.32 Å². The number of aromatic nitrogens is 1. The van der Waals surface area contributed by atoms with Crippen molar-refractivity contribution in [3.05, 3.63) is 54.4 Å². The van der Waals surface area contributed by atoms with Crippen molar-refractivity contribution in [2.24, 2.45) is 5.41 Å². The second kappa shape index (κ2) is 7.40. The summed E-state index contributed by atoms with van der Waals surface area (Å²) in [5.74, 6) is -0.115. The average Bonchev–Trinajstić information content (AvgIpc) is 3.13. The van der Waals surface area contributed by atoms with Gasteiger partial charge in [0, 0.05) is 30.0 Å². The van der Waals surface area contributed by atoms with Crippen LogP contribution in [0.5, 0.6) is 0 Å². The van der Waals surface area contributed by atoms with Gasteiger partial charge in [0.05, 0.1) is 10.9 Å². The van der Waals surface area contributed by atoms with Crippen molar-refractivity contribution in [1.29, 1.82) is 0 Å². The maximum absolute atomic E-state index is 13.1. The summed E-state index contributed by atoms with van der Waals surface area (Å²) in [7, 11) is -3.61. The molecule has 1 amide bonds. The molecule has 144 valence electrons. The Bertz CT molecular complexity index is 904. The number of sulfonamides is 1. The Morgan fingerprint density at radius 1 is 1.11 bits per heavy atom.